The van der Waals surface area contributed by atoms with Crippen LogP contribution < -0.4 is 4.90 Å². The van der Waals surface area contributed by atoms with E-state index in [2.05, 4.69) is 15.0 Å². The third kappa shape index (κ3) is 4.37. The molecule has 1 aliphatic heterocycles. The third-order valence-corrected chi connectivity index (χ3v) is 5.12. The highest BCUT2D eigenvalue weighted by Crippen LogP contribution is 2.25. The van der Waals surface area contributed by atoms with Crippen LogP contribution >= 0.6 is 0 Å². The molecular weight excluding hydrogens is 411 g/mol. The second-order valence-electron chi connectivity index (χ2n) is 7.46. The summed E-state index contributed by atoms with van der Waals surface area (Å²) in [7, 11) is 0. The maximum Gasteiger partial charge on any atom is 0.416 e. The summed E-state index contributed by atoms with van der Waals surface area (Å²) in [6.07, 6.45) is 3.13. The van der Waals surface area contributed by atoms with Crippen molar-refractivity contribution in [1.29, 1.82) is 0 Å². The van der Waals surface area contributed by atoms with Gasteiger partial charge in [0.05, 0.1) is 17.7 Å². The van der Waals surface area contributed by atoms with Crippen LogP contribution in [-0.4, -0.2) is 44.4 Å². The van der Waals surface area contributed by atoms with E-state index in [0.29, 0.717) is 23.6 Å². The predicted molar refractivity (Wildman–Crippen MR) is 106 cm³/mol. The molecule has 1 aromatic carbocycles. The van der Waals surface area contributed by atoms with Crippen molar-refractivity contribution in [2.75, 3.05) is 11.5 Å². The minimum atomic E-state index is -1.28. The highest BCUT2D eigenvalue weighted by Gasteiger charge is 2.39. The number of cyclic esters (lactones) is 1. The molecule has 0 radical (unpaired) electrons. The first-order valence-electron chi connectivity index (χ1n) is 9.74. The molecule has 2 aromatic heterocycles. The van der Waals surface area contributed by atoms with Crippen molar-refractivity contribution >= 4 is 11.9 Å². The van der Waals surface area contributed by atoms with Crippen molar-refractivity contribution in [2.24, 2.45) is 0 Å². The number of ether oxygens (including phenoxy) is 1. The number of carbonyl (C=O) groups excluding carboxylic acids is 1. The Bertz CT molecular complexity index is 1080. The van der Waals surface area contributed by atoms with E-state index >= 15 is 0 Å². The normalized spacial score (nSPS) is 18.2. The number of anilines is 1. The number of halogens is 3. The summed E-state index contributed by atoms with van der Waals surface area (Å²) in [5.74, 6) is -0.762. The first kappa shape index (κ1) is 20.8. The summed E-state index contributed by atoms with van der Waals surface area (Å²) < 4.78 is 47.3. The van der Waals surface area contributed by atoms with Crippen molar-refractivity contribution in [2.45, 2.75) is 38.4 Å². The van der Waals surface area contributed by atoms with Crippen molar-refractivity contribution in [3.8, 4) is 5.69 Å². The van der Waals surface area contributed by atoms with Gasteiger partial charge in [0.2, 0.25) is 0 Å². The Labute approximate surface area is 176 Å². The van der Waals surface area contributed by atoms with Gasteiger partial charge < -0.3 is 9.30 Å². The lowest BCUT2D eigenvalue weighted by Gasteiger charge is -2.21. The van der Waals surface area contributed by atoms with Gasteiger partial charge in [0.1, 0.15) is 42.1 Å². The Morgan fingerprint density at radius 3 is 2.65 bits per heavy atom. The lowest BCUT2D eigenvalue weighted by Crippen LogP contribution is -2.39. The molecule has 0 unspecified atom stereocenters. The molecule has 1 fully saturated rings. The number of hydrogen-bond donors (Lipinski definition) is 0. The van der Waals surface area contributed by atoms with Gasteiger partial charge in [0.25, 0.3) is 0 Å². The zero-order valence-corrected chi connectivity index (χ0v) is 16.9. The maximum absolute atomic E-state index is 13.9. The number of carbonyl (C=O) groups is 1. The Kier molecular flexibility index (Phi) is 5.62. The van der Waals surface area contributed by atoms with E-state index in [1.165, 1.54) is 47.1 Å². The molecule has 31 heavy (non-hydrogen) atoms. The molecule has 0 aliphatic carbocycles. The van der Waals surface area contributed by atoms with E-state index in [9.17, 15) is 18.0 Å². The van der Waals surface area contributed by atoms with Gasteiger partial charge in [-0.15, -0.1) is 0 Å². The van der Waals surface area contributed by atoms with Crippen LogP contribution in [0.2, 0.25) is 0 Å². The fourth-order valence-corrected chi connectivity index (χ4v) is 3.46. The van der Waals surface area contributed by atoms with Gasteiger partial charge >= 0.3 is 6.09 Å². The summed E-state index contributed by atoms with van der Waals surface area (Å²) in [5, 5.41) is 0. The third-order valence-electron chi connectivity index (χ3n) is 5.12. The Morgan fingerprint density at radius 2 is 1.94 bits per heavy atom. The summed E-state index contributed by atoms with van der Waals surface area (Å²) >= 11 is 0. The molecule has 1 saturated heterocycles. The number of amides is 1. The molecule has 0 N–H and O–H groups in total. The van der Waals surface area contributed by atoms with E-state index in [0.717, 1.165) is 6.07 Å². The van der Waals surface area contributed by atoms with Gasteiger partial charge in [-0.05, 0) is 25.1 Å². The first-order valence-corrected chi connectivity index (χ1v) is 9.74. The van der Waals surface area contributed by atoms with Crippen molar-refractivity contribution in [3.63, 3.8) is 0 Å². The lowest BCUT2D eigenvalue weighted by atomic mass is 10.0. The molecule has 3 aromatic rings. The van der Waals surface area contributed by atoms with Crippen molar-refractivity contribution in [1.82, 2.24) is 19.5 Å². The molecule has 1 amide bonds. The average Bonchev–Trinajstić information content (AvgIpc) is 3.34. The van der Waals surface area contributed by atoms with E-state index in [-0.39, 0.29) is 18.3 Å². The fraction of sp³-hybridized carbons (Fsp3) is 0.333. The van der Waals surface area contributed by atoms with E-state index in [1.807, 2.05) is 6.92 Å². The SMILES string of the molecule is C[C@H](Cc1nccc(N2C(=O)OC[C@@H]2[C@H](C)F)n1)c1cn(-c2cc(F)cc(F)c2)cn1. The number of rotatable bonds is 6. The van der Waals surface area contributed by atoms with Crippen LogP contribution in [0.1, 0.15) is 31.3 Å². The lowest BCUT2D eigenvalue weighted by molar-refractivity contribution is 0.174. The molecular formula is C21H20F3N5O2. The standard InChI is InChI=1S/C21H20F3N5O2/c1-12(17-9-28(11-26-17)16-7-14(23)6-15(24)8-16)5-19-25-4-3-20(27-19)29-18(13(2)22)10-31-21(29)30/h3-4,6-9,11-13,18H,5,10H2,1-2H3/t12-,13+,18-/m1/s1. The molecule has 0 spiro atoms. The summed E-state index contributed by atoms with van der Waals surface area (Å²) in [6, 6.07) is 4.02. The average molecular weight is 431 g/mol. The molecule has 7 nitrogen and oxygen atoms in total. The number of aromatic nitrogens is 4. The molecule has 3 heterocycles. The van der Waals surface area contributed by atoms with E-state index in [4.69, 9.17) is 4.74 Å². The van der Waals surface area contributed by atoms with Crippen LogP contribution in [0.4, 0.5) is 23.8 Å². The van der Waals surface area contributed by atoms with Crippen molar-refractivity contribution < 1.29 is 22.7 Å². The zero-order chi connectivity index (χ0) is 22.1. The van der Waals surface area contributed by atoms with E-state index in [1.54, 1.807) is 6.20 Å². The Balaban J connectivity index is 1.52. The molecule has 10 heteroatoms. The highest BCUT2D eigenvalue weighted by molar-refractivity contribution is 5.89. The largest absolute Gasteiger partial charge is 0.447 e. The van der Waals surface area contributed by atoms with Crippen LogP contribution in [0, 0.1) is 11.6 Å². The molecule has 4 rings (SSSR count). The summed E-state index contributed by atoms with van der Waals surface area (Å²) in [5.41, 5.74) is 0.995. The number of benzene rings is 1. The number of hydrogen-bond acceptors (Lipinski definition) is 5. The predicted octanol–water partition coefficient (Wildman–Crippen LogP) is 3.97. The van der Waals surface area contributed by atoms with Crippen LogP contribution in [0.25, 0.3) is 5.69 Å². The van der Waals surface area contributed by atoms with Gasteiger partial charge in [-0.1, -0.05) is 6.92 Å². The highest BCUT2D eigenvalue weighted by atomic mass is 19.1. The summed E-state index contributed by atoms with van der Waals surface area (Å²) in [4.78, 5) is 26.2. The minimum Gasteiger partial charge on any atom is -0.447 e. The molecule has 0 saturated carbocycles. The summed E-state index contributed by atoms with van der Waals surface area (Å²) in [6.45, 7) is 3.24. The van der Waals surface area contributed by atoms with Crippen LogP contribution in [0.5, 0.6) is 0 Å². The second kappa shape index (κ2) is 8.37. The topological polar surface area (TPSA) is 73.1 Å². The number of alkyl halides is 1. The number of imidazole rings is 1. The molecule has 1 aliphatic rings. The van der Waals surface area contributed by atoms with Crippen molar-refractivity contribution in [3.05, 3.63) is 66.1 Å². The first-order chi connectivity index (χ1) is 14.8. The Morgan fingerprint density at radius 1 is 1.19 bits per heavy atom. The quantitative estimate of drug-likeness (QED) is 0.591. The molecule has 3 atom stereocenters. The van der Waals surface area contributed by atoms with Gasteiger partial charge in [-0.25, -0.2) is 32.9 Å². The molecule has 0 bridgehead atoms. The number of nitrogens with zero attached hydrogens (tertiary/aromatic N) is 5. The van der Waals surface area contributed by atoms with Gasteiger partial charge in [0, 0.05) is 30.8 Å². The van der Waals surface area contributed by atoms with Crippen LogP contribution in [-0.2, 0) is 11.2 Å². The second-order valence-corrected chi connectivity index (χ2v) is 7.46. The minimum absolute atomic E-state index is 0.0374. The fourth-order valence-electron chi connectivity index (χ4n) is 3.46. The zero-order valence-electron chi connectivity index (χ0n) is 16.9. The molecule has 162 valence electrons. The van der Waals surface area contributed by atoms with Crippen LogP contribution in [0.15, 0.2) is 43.0 Å². The monoisotopic (exact) mass is 431 g/mol. The van der Waals surface area contributed by atoms with Crippen LogP contribution in [0.3, 0.4) is 0 Å². The smallest absolute Gasteiger partial charge is 0.416 e. The van der Waals surface area contributed by atoms with Gasteiger partial charge in [0.15, 0.2) is 0 Å². The van der Waals surface area contributed by atoms with Gasteiger partial charge in [-0.3, -0.25) is 4.90 Å². The Hall–Kier alpha value is -3.43. The van der Waals surface area contributed by atoms with Gasteiger partial charge in [-0.2, -0.15) is 0 Å². The van der Waals surface area contributed by atoms with E-state index < -0.39 is 29.9 Å². The maximum atomic E-state index is 13.9.